The maximum Gasteiger partial charge on any atom is 0.245 e. The zero-order valence-electron chi connectivity index (χ0n) is 6.85. The van der Waals surface area contributed by atoms with Crippen LogP contribution in [0.2, 0.25) is 5.02 Å². The molecule has 0 aliphatic heterocycles. The highest BCUT2D eigenvalue weighted by Crippen LogP contribution is 2.18. The summed E-state index contributed by atoms with van der Waals surface area (Å²) < 4.78 is 14.3. The summed E-state index contributed by atoms with van der Waals surface area (Å²) in [6.45, 7) is 0. The topological polar surface area (TPSA) is 69.6 Å². The largest absolute Gasteiger partial charge is 0.366 e. The number of benzene rings is 1. The summed E-state index contributed by atoms with van der Waals surface area (Å²) in [5.74, 6) is -0.453. The molecular weight excluding hydrogens is 209 g/mol. The summed E-state index contributed by atoms with van der Waals surface area (Å²) in [4.78, 5) is 0. The molecule has 0 atom stereocenters. The predicted molar refractivity (Wildman–Crippen MR) is 48.5 cm³/mol. The second kappa shape index (κ2) is 3.22. The molecule has 0 aliphatic rings. The molecule has 0 fully saturated rings. The molecule has 0 saturated carbocycles. The summed E-state index contributed by atoms with van der Waals surface area (Å²) in [5, 5.41) is 10.4. The molecule has 0 unspecified atom stereocenters. The van der Waals surface area contributed by atoms with Gasteiger partial charge in [0.25, 0.3) is 0 Å². The number of nitrogen functional groups attached to an aromatic ring is 1. The molecule has 0 radical (unpaired) electrons. The second-order valence-electron chi connectivity index (χ2n) is 2.55. The van der Waals surface area contributed by atoms with Crippen LogP contribution in [0.15, 0.2) is 18.2 Å². The Balaban J connectivity index is 2.53. The van der Waals surface area contributed by atoms with Crippen LogP contribution in [-0.4, -0.2) is 20.2 Å². The van der Waals surface area contributed by atoms with Crippen LogP contribution in [0, 0.1) is 5.82 Å². The van der Waals surface area contributed by atoms with Crippen molar-refractivity contribution in [3.05, 3.63) is 29.0 Å². The van der Waals surface area contributed by atoms with E-state index in [1.165, 1.54) is 16.8 Å². The lowest BCUT2D eigenvalue weighted by Crippen LogP contribution is -2.02. The van der Waals surface area contributed by atoms with Gasteiger partial charge < -0.3 is 5.73 Å². The quantitative estimate of drug-likeness (QED) is 0.768. The third-order valence-corrected chi connectivity index (χ3v) is 1.95. The Hall–Kier alpha value is -1.69. The number of halogens is 2. The zero-order valence-corrected chi connectivity index (χ0v) is 7.61. The van der Waals surface area contributed by atoms with Gasteiger partial charge in [0.05, 0.1) is 10.7 Å². The predicted octanol–water partition coefficient (Wildman–Crippen LogP) is 1.04. The molecule has 0 aliphatic carbocycles. The Morgan fingerprint density at radius 3 is 2.79 bits per heavy atom. The lowest BCUT2D eigenvalue weighted by Gasteiger charge is -2.01. The molecule has 0 amide bonds. The van der Waals surface area contributed by atoms with Gasteiger partial charge >= 0.3 is 0 Å². The van der Waals surface area contributed by atoms with E-state index in [1.807, 2.05) is 0 Å². The van der Waals surface area contributed by atoms with Crippen LogP contribution in [-0.2, 0) is 0 Å². The van der Waals surface area contributed by atoms with E-state index in [0.717, 1.165) is 0 Å². The Morgan fingerprint density at radius 1 is 1.43 bits per heavy atom. The lowest BCUT2D eigenvalue weighted by molar-refractivity contribution is 0.625. The first kappa shape index (κ1) is 8.89. The van der Waals surface area contributed by atoms with Gasteiger partial charge in [-0.3, -0.25) is 0 Å². The van der Waals surface area contributed by atoms with Crippen LogP contribution in [0.25, 0.3) is 5.69 Å². The van der Waals surface area contributed by atoms with Crippen molar-refractivity contribution in [2.45, 2.75) is 0 Å². The molecule has 0 bridgehead atoms. The van der Waals surface area contributed by atoms with Gasteiger partial charge in [0, 0.05) is 6.07 Å². The molecule has 7 heteroatoms. The number of tetrazole rings is 1. The third-order valence-electron chi connectivity index (χ3n) is 1.64. The van der Waals surface area contributed by atoms with Gasteiger partial charge in [-0.2, -0.15) is 4.68 Å². The van der Waals surface area contributed by atoms with Crippen LogP contribution < -0.4 is 5.73 Å². The van der Waals surface area contributed by atoms with E-state index in [2.05, 4.69) is 15.5 Å². The van der Waals surface area contributed by atoms with Gasteiger partial charge in [0.2, 0.25) is 5.95 Å². The zero-order chi connectivity index (χ0) is 10.1. The molecule has 0 saturated heterocycles. The van der Waals surface area contributed by atoms with Crippen LogP contribution >= 0.6 is 11.6 Å². The molecule has 5 nitrogen and oxygen atoms in total. The van der Waals surface area contributed by atoms with Crippen molar-refractivity contribution in [3.8, 4) is 5.69 Å². The fourth-order valence-corrected chi connectivity index (χ4v) is 1.11. The van der Waals surface area contributed by atoms with E-state index in [9.17, 15) is 4.39 Å². The van der Waals surface area contributed by atoms with Crippen molar-refractivity contribution < 1.29 is 4.39 Å². The minimum absolute atomic E-state index is 0.0420. The summed E-state index contributed by atoms with van der Waals surface area (Å²) >= 11 is 5.51. The van der Waals surface area contributed by atoms with E-state index in [0.29, 0.717) is 5.69 Å². The van der Waals surface area contributed by atoms with E-state index >= 15 is 0 Å². The van der Waals surface area contributed by atoms with Crippen molar-refractivity contribution >= 4 is 17.5 Å². The SMILES string of the molecule is Nc1nnnn1-c1ccc(Cl)c(F)c1. The number of rotatable bonds is 1. The summed E-state index contributed by atoms with van der Waals surface area (Å²) in [6, 6.07) is 4.18. The molecule has 2 rings (SSSR count). The normalized spacial score (nSPS) is 10.4. The number of aromatic nitrogens is 4. The number of hydrogen-bond donors (Lipinski definition) is 1. The molecule has 1 heterocycles. The van der Waals surface area contributed by atoms with Gasteiger partial charge in [-0.1, -0.05) is 16.7 Å². The van der Waals surface area contributed by atoms with Gasteiger partial charge in [-0.05, 0) is 22.6 Å². The number of nitrogens with two attached hydrogens (primary N) is 1. The van der Waals surface area contributed by atoms with Crippen molar-refractivity contribution in [3.63, 3.8) is 0 Å². The van der Waals surface area contributed by atoms with Crippen LogP contribution in [0.4, 0.5) is 10.3 Å². The van der Waals surface area contributed by atoms with E-state index in [4.69, 9.17) is 17.3 Å². The maximum absolute atomic E-state index is 13.0. The Bertz CT molecular complexity index is 469. The summed E-state index contributed by atoms with van der Waals surface area (Å²) in [7, 11) is 0. The molecule has 2 N–H and O–H groups in total. The standard InChI is InChI=1S/C7H5ClFN5/c8-5-2-1-4(3-6(5)9)14-7(10)11-12-13-14/h1-3H,(H2,10,11,13). The second-order valence-corrected chi connectivity index (χ2v) is 2.95. The number of anilines is 1. The first-order valence-corrected chi connectivity index (χ1v) is 4.05. The Morgan fingerprint density at radius 2 is 2.21 bits per heavy atom. The minimum Gasteiger partial charge on any atom is -0.366 e. The molecule has 1 aromatic carbocycles. The highest BCUT2D eigenvalue weighted by molar-refractivity contribution is 6.30. The average molecular weight is 214 g/mol. The monoisotopic (exact) mass is 213 g/mol. The Labute approximate surface area is 83.3 Å². The number of nitrogens with zero attached hydrogens (tertiary/aromatic N) is 4. The molecule has 72 valence electrons. The minimum atomic E-state index is -0.543. The number of hydrogen-bond acceptors (Lipinski definition) is 4. The van der Waals surface area contributed by atoms with Crippen LogP contribution in [0.5, 0.6) is 0 Å². The fourth-order valence-electron chi connectivity index (χ4n) is 0.995. The summed E-state index contributed by atoms with van der Waals surface area (Å²) in [6.07, 6.45) is 0. The first-order valence-electron chi connectivity index (χ1n) is 3.68. The van der Waals surface area contributed by atoms with E-state index in [1.54, 1.807) is 6.07 Å². The van der Waals surface area contributed by atoms with Gasteiger partial charge in [0.1, 0.15) is 5.82 Å². The van der Waals surface area contributed by atoms with E-state index in [-0.39, 0.29) is 11.0 Å². The smallest absolute Gasteiger partial charge is 0.245 e. The van der Waals surface area contributed by atoms with Crippen LogP contribution in [0.3, 0.4) is 0 Å². The van der Waals surface area contributed by atoms with Gasteiger partial charge in [-0.25, -0.2) is 4.39 Å². The van der Waals surface area contributed by atoms with Crippen LogP contribution in [0.1, 0.15) is 0 Å². The third kappa shape index (κ3) is 1.39. The molecule has 14 heavy (non-hydrogen) atoms. The van der Waals surface area contributed by atoms with Crippen molar-refractivity contribution in [1.29, 1.82) is 0 Å². The Kier molecular flexibility index (Phi) is 2.05. The molecule has 1 aromatic heterocycles. The van der Waals surface area contributed by atoms with Crippen molar-refractivity contribution in [1.82, 2.24) is 20.2 Å². The molecule has 2 aromatic rings. The highest BCUT2D eigenvalue weighted by atomic mass is 35.5. The highest BCUT2D eigenvalue weighted by Gasteiger charge is 2.06. The van der Waals surface area contributed by atoms with E-state index < -0.39 is 5.82 Å². The van der Waals surface area contributed by atoms with Gasteiger partial charge in [-0.15, -0.1) is 0 Å². The first-order chi connectivity index (χ1) is 6.68. The van der Waals surface area contributed by atoms with Crippen molar-refractivity contribution in [2.24, 2.45) is 0 Å². The van der Waals surface area contributed by atoms with Crippen molar-refractivity contribution in [2.75, 3.05) is 5.73 Å². The fraction of sp³-hybridized carbons (Fsp3) is 0. The summed E-state index contributed by atoms with van der Waals surface area (Å²) in [5.41, 5.74) is 5.86. The molecular formula is C7H5ClFN5. The average Bonchev–Trinajstić information content (AvgIpc) is 2.57. The maximum atomic E-state index is 13.0. The molecule has 0 spiro atoms. The van der Waals surface area contributed by atoms with Gasteiger partial charge in [0.15, 0.2) is 0 Å². The lowest BCUT2D eigenvalue weighted by atomic mass is 10.3.